The molecule has 0 amide bonds. The van der Waals surface area contributed by atoms with Crippen LogP contribution in [0.25, 0.3) is 0 Å². The van der Waals surface area contributed by atoms with E-state index in [1.54, 1.807) is 12.3 Å². The Morgan fingerprint density at radius 1 is 1.17 bits per heavy atom. The molecule has 0 saturated carbocycles. The third-order valence-electron chi connectivity index (χ3n) is 3.02. The molecule has 0 aliphatic rings. The Morgan fingerprint density at radius 2 is 2.00 bits per heavy atom. The zero-order valence-corrected chi connectivity index (χ0v) is 13.8. The van der Waals surface area contributed by atoms with Gasteiger partial charge in [-0.2, -0.15) is 4.98 Å². The number of nitrogens with zero attached hydrogens (tertiary/aromatic N) is 2. The van der Waals surface area contributed by atoms with Crippen LogP contribution in [0, 0.1) is 6.92 Å². The van der Waals surface area contributed by atoms with Crippen molar-refractivity contribution < 1.29 is 9.15 Å². The number of nitrogens with one attached hydrogen (secondary N) is 2. The molecule has 2 aromatic heterocycles. The first-order valence-electron chi connectivity index (χ1n) is 7.35. The Kier molecular flexibility index (Phi) is 5.02. The molecular formula is C17H16N4O2S. The lowest BCUT2D eigenvalue weighted by Gasteiger charge is -2.10. The first-order chi connectivity index (χ1) is 11.7. The second-order valence-electron chi connectivity index (χ2n) is 4.97. The van der Waals surface area contributed by atoms with Crippen LogP contribution in [0.1, 0.15) is 11.5 Å². The number of thiocarbonyl (C=S) groups is 1. The summed E-state index contributed by atoms with van der Waals surface area (Å²) in [6.45, 7) is 2.35. The maximum Gasteiger partial charge on any atom is 0.232 e. The average molecular weight is 340 g/mol. The topological polar surface area (TPSA) is 72.2 Å². The number of hydrogen-bond donors (Lipinski definition) is 2. The molecule has 0 saturated heterocycles. The fraction of sp³-hybridized carbons (Fsp3) is 0.118. The van der Waals surface area contributed by atoms with Crippen LogP contribution in [0.15, 0.2) is 59.2 Å². The molecule has 3 rings (SSSR count). The summed E-state index contributed by atoms with van der Waals surface area (Å²) < 4.78 is 11.0. The summed E-state index contributed by atoms with van der Waals surface area (Å²) in [6, 6.07) is 14.9. The summed E-state index contributed by atoms with van der Waals surface area (Å²) in [5, 5.41) is 6.38. The molecule has 0 spiro atoms. The minimum atomic E-state index is 0.373. The summed E-state index contributed by atoms with van der Waals surface area (Å²) in [4.78, 5) is 8.63. The van der Waals surface area contributed by atoms with Crippen molar-refractivity contribution in [2.24, 2.45) is 0 Å². The van der Waals surface area contributed by atoms with E-state index in [2.05, 4.69) is 20.6 Å². The largest absolute Gasteiger partial charge is 0.467 e. The quantitative estimate of drug-likeness (QED) is 0.687. The minimum Gasteiger partial charge on any atom is -0.467 e. The van der Waals surface area contributed by atoms with E-state index < -0.39 is 0 Å². The second-order valence-corrected chi connectivity index (χ2v) is 5.38. The van der Waals surface area contributed by atoms with Crippen molar-refractivity contribution in [1.29, 1.82) is 0 Å². The lowest BCUT2D eigenvalue weighted by atomic mass is 10.3. The van der Waals surface area contributed by atoms with Gasteiger partial charge >= 0.3 is 0 Å². The molecule has 0 atom stereocenters. The zero-order chi connectivity index (χ0) is 16.8. The van der Waals surface area contributed by atoms with Gasteiger partial charge in [0, 0.05) is 11.8 Å². The molecule has 0 fully saturated rings. The van der Waals surface area contributed by atoms with Crippen LogP contribution in [-0.2, 0) is 6.54 Å². The normalized spacial score (nSPS) is 10.2. The predicted molar refractivity (Wildman–Crippen MR) is 95.1 cm³/mol. The van der Waals surface area contributed by atoms with Gasteiger partial charge in [-0.1, -0.05) is 18.2 Å². The van der Waals surface area contributed by atoms with Crippen molar-refractivity contribution in [1.82, 2.24) is 15.3 Å². The smallest absolute Gasteiger partial charge is 0.232 e. The van der Waals surface area contributed by atoms with E-state index in [1.807, 2.05) is 49.4 Å². The van der Waals surface area contributed by atoms with Crippen LogP contribution >= 0.6 is 12.2 Å². The number of furan rings is 1. The standard InChI is InChI=1S/C17H16N4O2S/c1-12-10-15(23-13-6-3-2-4-7-13)20-16(19-12)21-17(24)18-11-14-8-5-9-22-14/h2-10H,11H2,1H3,(H2,18,19,20,21,24). The van der Waals surface area contributed by atoms with Crippen LogP contribution in [0.5, 0.6) is 11.6 Å². The van der Waals surface area contributed by atoms with Gasteiger partial charge in [0.1, 0.15) is 11.5 Å². The van der Waals surface area contributed by atoms with Gasteiger partial charge in [0.25, 0.3) is 0 Å². The Morgan fingerprint density at radius 3 is 2.75 bits per heavy atom. The Bertz CT molecular complexity index is 807. The van der Waals surface area contributed by atoms with Gasteiger partial charge in [-0.05, 0) is 43.4 Å². The highest BCUT2D eigenvalue weighted by molar-refractivity contribution is 7.80. The third-order valence-corrected chi connectivity index (χ3v) is 3.27. The van der Waals surface area contributed by atoms with E-state index in [-0.39, 0.29) is 0 Å². The highest BCUT2D eigenvalue weighted by atomic mass is 32.1. The maximum atomic E-state index is 5.73. The minimum absolute atomic E-state index is 0.373. The summed E-state index contributed by atoms with van der Waals surface area (Å²) in [6.07, 6.45) is 1.62. The third kappa shape index (κ3) is 4.53. The molecule has 0 radical (unpaired) electrons. The van der Waals surface area contributed by atoms with Crippen LogP contribution in [0.4, 0.5) is 5.95 Å². The molecule has 3 aromatic rings. The SMILES string of the molecule is Cc1cc(Oc2ccccc2)nc(NC(=S)NCc2ccco2)n1. The van der Waals surface area contributed by atoms with Crippen molar-refractivity contribution in [2.45, 2.75) is 13.5 Å². The summed E-state index contributed by atoms with van der Waals surface area (Å²) >= 11 is 5.24. The van der Waals surface area contributed by atoms with Crippen molar-refractivity contribution in [3.8, 4) is 11.6 Å². The Balaban J connectivity index is 1.63. The number of benzene rings is 1. The molecule has 0 unspecified atom stereocenters. The van der Waals surface area contributed by atoms with E-state index in [0.717, 1.165) is 11.5 Å². The summed E-state index contributed by atoms with van der Waals surface area (Å²) in [5.41, 5.74) is 0.771. The van der Waals surface area contributed by atoms with Crippen molar-refractivity contribution in [3.05, 3.63) is 66.2 Å². The number of para-hydroxylation sites is 1. The van der Waals surface area contributed by atoms with Crippen LogP contribution < -0.4 is 15.4 Å². The number of ether oxygens (including phenoxy) is 1. The van der Waals surface area contributed by atoms with Crippen LogP contribution in [-0.4, -0.2) is 15.1 Å². The molecule has 2 N–H and O–H groups in total. The Hall–Kier alpha value is -2.93. The molecule has 24 heavy (non-hydrogen) atoms. The molecular weight excluding hydrogens is 324 g/mol. The van der Waals surface area contributed by atoms with Gasteiger partial charge in [0.05, 0.1) is 12.8 Å². The lowest BCUT2D eigenvalue weighted by Crippen LogP contribution is -2.28. The molecule has 1 aromatic carbocycles. The summed E-state index contributed by atoms with van der Waals surface area (Å²) in [7, 11) is 0. The number of rotatable bonds is 5. The number of aromatic nitrogens is 2. The van der Waals surface area contributed by atoms with E-state index in [4.69, 9.17) is 21.4 Å². The number of anilines is 1. The average Bonchev–Trinajstić information content (AvgIpc) is 3.07. The number of aryl methyl sites for hydroxylation is 1. The highest BCUT2D eigenvalue weighted by Gasteiger charge is 2.07. The van der Waals surface area contributed by atoms with Gasteiger partial charge in [0.2, 0.25) is 11.8 Å². The fourth-order valence-electron chi connectivity index (χ4n) is 1.98. The van der Waals surface area contributed by atoms with Gasteiger partial charge in [-0.3, -0.25) is 0 Å². The fourth-order valence-corrected chi connectivity index (χ4v) is 2.15. The predicted octanol–water partition coefficient (Wildman–Crippen LogP) is 3.66. The van der Waals surface area contributed by atoms with E-state index in [0.29, 0.717) is 29.2 Å². The molecule has 0 aliphatic heterocycles. The van der Waals surface area contributed by atoms with Crippen LogP contribution in [0.3, 0.4) is 0 Å². The molecule has 0 aliphatic carbocycles. The van der Waals surface area contributed by atoms with E-state index in [9.17, 15) is 0 Å². The first kappa shape index (κ1) is 15.9. The van der Waals surface area contributed by atoms with Gasteiger partial charge < -0.3 is 19.8 Å². The first-order valence-corrected chi connectivity index (χ1v) is 7.76. The molecule has 6 nitrogen and oxygen atoms in total. The monoisotopic (exact) mass is 340 g/mol. The lowest BCUT2D eigenvalue weighted by molar-refractivity contribution is 0.462. The van der Waals surface area contributed by atoms with Crippen molar-refractivity contribution in [3.63, 3.8) is 0 Å². The second kappa shape index (κ2) is 7.56. The highest BCUT2D eigenvalue weighted by Crippen LogP contribution is 2.20. The van der Waals surface area contributed by atoms with Crippen molar-refractivity contribution >= 4 is 23.3 Å². The van der Waals surface area contributed by atoms with E-state index >= 15 is 0 Å². The van der Waals surface area contributed by atoms with Gasteiger partial charge in [-0.15, -0.1) is 0 Å². The zero-order valence-electron chi connectivity index (χ0n) is 13.0. The summed E-state index contributed by atoms with van der Waals surface area (Å²) in [5.74, 6) is 2.32. The van der Waals surface area contributed by atoms with Gasteiger partial charge in [0.15, 0.2) is 5.11 Å². The Labute approximate surface area is 144 Å². The maximum absolute atomic E-state index is 5.73. The van der Waals surface area contributed by atoms with E-state index in [1.165, 1.54) is 0 Å². The molecule has 122 valence electrons. The molecule has 2 heterocycles. The van der Waals surface area contributed by atoms with Crippen LogP contribution in [0.2, 0.25) is 0 Å². The van der Waals surface area contributed by atoms with Crippen molar-refractivity contribution in [2.75, 3.05) is 5.32 Å². The van der Waals surface area contributed by atoms with Gasteiger partial charge in [-0.25, -0.2) is 4.98 Å². The molecule has 7 heteroatoms. The molecule has 0 bridgehead atoms. The number of hydrogen-bond acceptors (Lipinski definition) is 5.